The van der Waals surface area contributed by atoms with Gasteiger partial charge in [0.25, 0.3) is 0 Å². The Balaban J connectivity index is 1.73. The summed E-state index contributed by atoms with van der Waals surface area (Å²) in [4.78, 5) is 12.2. The van der Waals surface area contributed by atoms with Crippen molar-refractivity contribution in [1.82, 2.24) is 10.6 Å². The molecule has 0 saturated heterocycles. The van der Waals surface area contributed by atoms with E-state index in [1.165, 1.54) is 50.7 Å². The van der Waals surface area contributed by atoms with Crippen molar-refractivity contribution in [2.24, 2.45) is 5.92 Å². The monoisotopic (exact) mass is 384 g/mol. The SMILES string of the molecule is CC(CS(=O)(=O)c1ccc(F)cc1)C(=O)NCCNC1CCCCCC1. The maximum Gasteiger partial charge on any atom is 0.223 e. The molecular formula is C19H29FN2O3S. The molecule has 0 bridgehead atoms. The molecule has 5 nitrogen and oxygen atoms in total. The summed E-state index contributed by atoms with van der Waals surface area (Å²) in [7, 11) is -3.62. The zero-order valence-electron chi connectivity index (χ0n) is 15.3. The van der Waals surface area contributed by atoms with Gasteiger partial charge >= 0.3 is 0 Å². The minimum atomic E-state index is -3.62. The van der Waals surface area contributed by atoms with Crippen LogP contribution in [0.2, 0.25) is 0 Å². The smallest absolute Gasteiger partial charge is 0.223 e. The van der Waals surface area contributed by atoms with Crippen LogP contribution in [0.15, 0.2) is 29.2 Å². The largest absolute Gasteiger partial charge is 0.355 e. The van der Waals surface area contributed by atoms with Crippen LogP contribution in [0.1, 0.15) is 45.4 Å². The fourth-order valence-electron chi connectivity index (χ4n) is 3.26. The lowest BCUT2D eigenvalue weighted by molar-refractivity contribution is -0.123. The summed E-state index contributed by atoms with van der Waals surface area (Å²) in [6, 6.07) is 5.19. The van der Waals surface area contributed by atoms with E-state index in [-0.39, 0.29) is 16.6 Å². The molecular weight excluding hydrogens is 355 g/mol. The van der Waals surface area contributed by atoms with Gasteiger partial charge < -0.3 is 10.6 Å². The van der Waals surface area contributed by atoms with Crippen LogP contribution in [-0.2, 0) is 14.6 Å². The van der Waals surface area contributed by atoms with Gasteiger partial charge in [-0.15, -0.1) is 0 Å². The number of nitrogens with one attached hydrogen (secondary N) is 2. The highest BCUT2D eigenvalue weighted by Crippen LogP contribution is 2.17. The number of amides is 1. The summed E-state index contributed by atoms with van der Waals surface area (Å²) < 4.78 is 37.6. The lowest BCUT2D eigenvalue weighted by Gasteiger charge is -2.17. The number of sulfone groups is 1. The van der Waals surface area contributed by atoms with Gasteiger partial charge in [-0.1, -0.05) is 32.6 Å². The molecule has 1 unspecified atom stereocenters. The maximum atomic E-state index is 12.9. The van der Waals surface area contributed by atoms with Crippen LogP contribution < -0.4 is 10.6 Å². The highest BCUT2D eigenvalue weighted by atomic mass is 32.2. The summed E-state index contributed by atoms with van der Waals surface area (Å²) in [5.74, 6) is -1.72. The number of carbonyl (C=O) groups excluding carboxylic acids is 1. The summed E-state index contributed by atoms with van der Waals surface area (Å²) >= 11 is 0. The molecule has 146 valence electrons. The molecule has 1 saturated carbocycles. The number of halogens is 1. The zero-order valence-corrected chi connectivity index (χ0v) is 16.2. The van der Waals surface area contributed by atoms with E-state index in [4.69, 9.17) is 0 Å². The van der Waals surface area contributed by atoms with Gasteiger partial charge in [0.2, 0.25) is 5.91 Å². The van der Waals surface area contributed by atoms with E-state index in [1.54, 1.807) is 6.92 Å². The number of benzene rings is 1. The third-order valence-corrected chi connectivity index (χ3v) is 6.73. The van der Waals surface area contributed by atoms with Crippen LogP contribution in [-0.4, -0.2) is 39.2 Å². The number of hydrogen-bond donors (Lipinski definition) is 2. The Bertz CT molecular complexity index is 669. The highest BCUT2D eigenvalue weighted by Gasteiger charge is 2.23. The normalized spacial score (nSPS) is 17.5. The Labute approximate surface area is 155 Å². The minimum absolute atomic E-state index is 0.0357. The first-order chi connectivity index (χ1) is 12.4. The molecule has 0 spiro atoms. The number of hydrogen-bond acceptors (Lipinski definition) is 4. The molecule has 0 aliphatic heterocycles. The third kappa shape index (κ3) is 6.68. The first-order valence-corrected chi connectivity index (χ1v) is 11.0. The predicted octanol–water partition coefficient (Wildman–Crippen LogP) is 2.66. The van der Waals surface area contributed by atoms with Crippen molar-refractivity contribution in [3.63, 3.8) is 0 Å². The Morgan fingerprint density at radius 3 is 2.35 bits per heavy atom. The fraction of sp³-hybridized carbons (Fsp3) is 0.632. The first-order valence-electron chi connectivity index (χ1n) is 9.38. The van der Waals surface area contributed by atoms with Crippen molar-refractivity contribution in [2.45, 2.75) is 56.4 Å². The second-order valence-electron chi connectivity index (χ2n) is 7.07. The second-order valence-corrected chi connectivity index (χ2v) is 9.10. The topological polar surface area (TPSA) is 75.3 Å². The van der Waals surface area contributed by atoms with Gasteiger partial charge in [0.05, 0.1) is 10.6 Å². The van der Waals surface area contributed by atoms with Crippen molar-refractivity contribution >= 4 is 15.7 Å². The molecule has 0 aromatic heterocycles. The first kappa shape index (κ1) is 20.8. The van der Waals surface area contributed by atoms with Crippen molar-refractivity contribution in [2.75, 3.05) is 18.8 Å². The van der Waals surface area contributed by atoms with Gasteiger partial charge in [0.15, 0.2) is 9.84 Å². The maximum absolute atomic E-state index is 12.9. The van der Waals surface area contributed by atoms with Crippen molar-refractivity contribution in [3.8, 4) is 0 Å². The Morgan fingerprint density at radius 2 is 1.73 bits per heavy atom. The quantitative estimate of drug-likeness (QED) is 0.410. The molecule has 0 heterocycles. The van der Waals surface area contributed by atoms with Crippen LogP contribution in [0.3, 0.4) is 0 Å². The molecule has 1 aromatic rings. The molecule has 1 aliphatic rings. The molecule has 2 rings (SSSR count). The van der Waals surface area contributed by atoms with E-state index in [0.29, 0.717) is 19.1 Å². The van der Waals surface area contributed by atoms with Gasteiger partial charge in [0, 0.05) is 25.0 Å². The molecule has 0 radical (unpaired) electrons. The second kappa shape index (κ2) is 10.0. The van der Waals surface area contributed by atoms with Crippen LogP contribution in [0.4, 0.5) is 4.39 Å². The van der Waals surface area contributed by atoms with Gasteiger partial charge in [-0.3, -0.25) is 4.79 Å². The number of rotatable bonds is 8. The average molecular weight is 385 g/mol. The van der Waals surface area contributed by atoms with Gasteiger partial charge in [-0.05, 0) is 37.1 Å². The molecule has 1 fully saturated rings. The van der Waals surface area contributed by atoms with Crippen molar-refractivity contribution in [3.05, 3.63) is 30.1 Å². The average Bonchev–Trinajstić information content (AvgIpc) is 2.87. The molecule has 7 heteroatoms. The summed E-state index contributed by atoms with van der Waals surface area (Å²) in [5.41, 5.74) is 0. The van der Waals surface area contributed by atoms with Gasteiger partial charge in [-0.2, -0.15) is 0 Å². The van der Waals surface area contributed by atoms with Gasteiger partial charge in [-0.25, -0.2) is 12.8 Å². The standard InChI is InChI=1S/C19H29FN2O3S/c1-15(14-26(24,25)18-10-8-16(20)9-11-18)19(23)22-13-12-21-17-6-4-2-3-5-7-17/h8-11,15,17,21H,2-7,12-14H2,1H3,(H,22,23). The van der Waals surface area contributed by atoms with E-state index < -0.39 is 21.6 Å². The lowest BCUT2D eigenvalue weighted by atomic mass is 10.1. The van der Waals surface area contributed by atoms with Gasteiger partial charge in [0.1, 0.15) is 5.82 Å². The number of carbonyl (C=O) groups is 1. The van der Waals surface area contributed by atoms with Crippen molar-refractivity contribution in [1.29, 1.82) is 0 Å². The predicted molar refractivity (Wildman–Crippen MR) is 100 cm³/mol. The molecule has 1 amide bonds. The molecule has 1 atom stereocenters. The van der Waals surface area contributed by atoms with Crippen LogP contribution in [0, 0.1) is 11.7 Å². The van der Waals surface area contributed by atoms with Crippen LogP contribution in [0.5, 0.6) is 0 Å². The van der Waals surface area contributed by atoms with E-state index >= 15 is 0 Å². The van der Waals surface area contributed by atoms with E-state index in [0.717, 1.165) is 12.1 Å². The van der Waals surface area contributed by atoms with E-state index in [9.17, 15) is 17.6 Å². The summed E-state index contributed by atoms with van der Waals surface area (Å²) in [6.45, 7) is 2.76. The Hall–Kier alpha value is -1.47. The Morgan fingerprint density at radius 1 is 1.12 bits per heavy atom. The third-order valence-electron chi connectivity index (χ3n) is 4.80. The van der Waals surface area contributed by atoms with Crippen LogP contribution in [0.25, 0.3) is 0 Å². The summed E-state index contributed by atoms with van der Waals surface area (Å²) in [6.07, 6.45) is 7.47. The fourth-order valence-corrected chi connectivity index (χ4v) is 4.82. The highest BCUT2D eigenvalue weighted by molar-refractivity contribution is 7.91. The molecule has 26 heavy (non-hydrogen) atoms. The van der Waals surface area contributed by atoms with Crippen LogP contribution >= 0.6 is 0 Å². The molecule has 1 aromatic carbocycles. The van der Waals surface area contributed by atoms with E-state index in [1.807, 2.05) is 0 Å². The van der Waals surface area contributed by atoms with Crippen molar-refractivity contribution < 1.29 is 17.6 Å². The zero-order chi connectivity index (χ0) is 19.0. The summed E-state index contributed by atoms with van der Waals surface area (Å²) in [5, 5.41) is 6.26. The van der Waals surface area contributed by atoms with E-state index in [2.05, 4.69) is 10.6 Å². The lowest BCUT2D eigenvalue weighted by Crippen LogP contribution is -2.39. The molecule has 2 N–H and O–H groups in total. The molecule has 1 aliphatic carbocycles. The Kier molecular flexibility index (Phi) is 8.03. The minimum Gasteiger partial charge on any atom is -0.355 e.